The Hall–Kier alpha value is -2.14. The Morgan fingerprint density at radius 3 is 2.95 bits per heavy atom. The molecule has 5 heteroatoms. The molecule has 2 aromatic rings. The first-order valence-electron chi connectivity index (χ1n) is 5.94. The van der Waals surface area contributed by atoms with Gasteiger partial charge in [-0.15, -0.1) is 11.3 Å². The van der Waals surface area contributed by atoms with Crippen molar-refractivity contribution in [2.45, 2.75) is 13.5 Å². The van der Waals surface area contributed by atoms with E-state index in [4.69, 9.17) is 9.84 Å². The largest absolute Gasteiger partial charge is 0.485 e. The summed E-state index contributed by atoms with van der Waals surface area (Å²) in [5.41, 5.74) is 0.541. The number of hydrogen-bond donors (Lipinski definition) is 1. The lowest BCUT2D eigenvalue weighted by molar-refractivity contribution is -0.131. The molecule has 0 amide bonds. The molecule has 0 aliphatic heterocycles. The lowest BCUT2D eigenvalue weighted by Gasteiger charge is -2.07. The molecular weight excluding hydrogens is 279 g/mol. The summed E-state index contributed by atoms with van der Waals surface area (Å²) in [5.74, 6) is -1.12. The number of benzene rings is 1. The number of halogens is 1. The monoisotopic (exact) mass is 292 g/mol. The maximum absolute atomic E-state index is 13.7. The van der Waals surface area contributed by atoms with E-state index in [0.29, 0.717) is 5.56 Å². The van der Waals surface area contributed by atoms with Gasteiger partial charge >= 0.3 is 5.97 Å². The van der Waals surface area contributed by atoms with Crippen LogP contribution in [0.1, 0.15) is 15.3 Å². The number of carbonyl (C=O) groups is 1. The molecule has 0 atom stereocenters. The second-order valence-corrected chi connectivity index (χ2v) is 5.35. The molecule has 0 aliphatic carbocycles. The van der Waals surface area contributed by atoms with E-state index in [-0.39, 0.29) is 18.2 Å². The molecule has 1 heterocycles. The quantitative estimate of drug-likeness (QED) is 0.851. The summed E-state index contributed by atoms with van der Waals surface area (Å²) in [4.78, 5) is 12.1. The summed E-state index contributed by atoms with van der Waals surface area (Å²) in [7, 11) is 0. The Bertz CT molecular complexity index is 646. The van der Waals surface area contributed by atoms with Crippen LogP contribution in [0.25, 0.3) is 6.08 Å². The summed E-state index contributed by atoms with van der Waals surface area (Å²) in [6.45, 7) is 1.94. The fraction of sp³-hybridized carbons (Fsp3) is 0.133. The van der Waals surface area contributed by atoms with Gasteiger partial charge in [0.1, 0.15) is 6.61 Å². The summed E-state index contributed by atoms with van der Waals surface area (Å²) < 4.78 is 19.2. The average molecular weight is 292 g/mol. The molecule has 0 aliphatic rings. The standard InChI is InChI=1S/C15H13FO3S/c1-10-3-2-4-13(15(10)16)19-9-12-6-5-11(20-12)7-8-14(17)18/h2-8H,9H2,1H3,(H,17,18)/b8-7+. The predicted octanol–water partition coefficient (Wildman–Crippen LogP) is 3.87. The van der Waals surface area contributed by atoms with E-state index in [1.165, 1.54) is 17.4 Å². The van der Waals surface area contributed by atoms with Crippen molar-refractivity contribution in [3.8, 4) is 5.75 Å². The van der Waals surface area contributed by atoms with Crippen LogP contribution < -0.4 is 4.74 Å². The van der Waals surface area contributed by atoms with E-state index in [0.717, 1.165) is 15.8 Å². The van der Waals surface area contributed by atoms with Crippen LogP contribution in [0, 0.1) is 12.7 Å². The first kappa shape index (κ1) is 14.3. The third-order valence-corrected chi connectivity index (χ3v) is 3.62. The molecule has 0 saturated carbocycles. The van der Waals surface area contributed by atoms with E-state index in [9.17, 15) is 9.18 Å². The summed E-state index contributed by atoms with van der Waals surface area (Å²) >= 11 is 1.41. The maximum atomic E-state index is 13.7. The normalized spacial score (nSPS) is 10.9. The van der Waals surface area contributed by atoms with Crippen molar-refractivity contribution in [1.82, 2.24) is 0 Å². The van der Waals surface area contributed by atoms with Crippen LogP contribution in [0.3, 0.4) is 0 Å². The van der Waals surface area contributed by atoms with Gasteiger partial charge in [0, 0.05) is 15.8 Å². The zero-order valence-electron chi connectivity index (χ0n) is 10.8. The molecule has 0 bridgehead atoms. The number of aliphatic carboxylic acids is 1. The number of hydrogen-bond acceptors (Lipinski definition) is 3. The minimum Gasteiger partial charge on any atom is -0.485 e. The van der Waals surface area contributed by atoms with Crippen LogP contribution in [0.5, 0.6) is 5.75 Å². The van der Waals surface area contributed by atoms with E-state index >= 15 is 0 Å². The van der Waals surface area contributed by atoms with Crippen LogP contribution in [0.2, 0.25) is 0 Å². The van der Waals surface area contributed by atoms with Crippen molar-refractivity contribution in [2.75, 3.05) is 0 Å². The van der Waals surface area contributed by atoms with Crippen molar-refractivity contribution in [3.63, 3.8) is 0 Å². The topological polar surface area (TPSA) is 46.5 Å². The molecule has 0 spiro atoms. The highest BCUT2D eigenvalue weighted by molar-refractivity contribution is 7.12. The van der Waals surface area contributed by atoms with Gasteiger partial charge < -0.3 is 9.84 Å². The van der Waals surface area contributed by atoms with Gasteiger partial charge in [-0.25, -0.2) is 9.18 Å². The molecule has 1 N–H and O–H groups in total. The summed E-state index contributed by atoms with van der Waals surface area (Å²) in [5, 5.41) is 8.54. The molecule has 0 unspecified atom stereocenters. The Kier molecular flexibility index (Phi) is 4.53. The van der Waals surface area contributed by atoms with Gasteiger partial charge in [0.2, 0.25) is 0 Å². The van der Waals surface area contributed by atoms with Gasteiger partial charge in [-0.1, -0.05) is 12.1 Å². The Morgan fingerprint density at radius 2 is 2.20 bits per heavy atom. The molecule has 20 heavy (non-hydrogen) atoms. The highest BCUT2D eigenvalue weighted by Crippen LogP contribution is 2.23. The molecule has 1 aromatic heterocycles. The van der Waals surface area contributed by atoms with Crippen LogP contribution in [-0.4, -0.2) is 11.1 Å². The van der Waals surface area contributed by atoms with E-state index in [2.05, 4.69) is 0 Å². The van der Waals surface area contributed by atoms with Crippen molar-refractivity contribution in [1.29, 1.82) is 0 Å². The van der Waals surface area contributed by atoms with Gasteiger partial charge in [0.15, 0.2) is 11.6 Å². The van der Waals surface area contributed by atoms with E-state index in [1.54, 1.807) is 31.2 Å². The van der Waals surface area contributed by atoms with Gasteiger partial charge in [0.25, 0.3) is 0 Å². The van der Waals surface area contributed by atoms with Gasteiger partial charge in [0.05, 0.1) is 0 Å². The lowest BCUT2D eigenvalue weighted by Crippen LogP contribution is -1.96. The van der Waals surface area contributed by atoms with Crippen LogP contribution >= 0.6 is 11.3 Å². The minimum atomic E-state index is -0.988. The van der Waals surface area contributed by atoms with Crippen molar-refractivity contribution in [2.24, 2.45) is 0 Å². The van der Waals surface area contributed by atoms with Crippen LogP contribution in [0.4, 0.5) is 4.39 Å². The lowest BCUT2D eigenvalue weighted by atomic mass is 10.2. The highest BCUT2D eigenvalue weighted by atomic mass is 32.1. The zero-order chi connectivity index (χ0) is 14.5. The van der Waals surface area contributed by atoms with Gasteiger partial charge in [-0.2, -0.15) is 0 Å². The number of carboxylic acid groups (broad SMARTS) is 1. The number of thiophene rings is 1. The molecular formula is C15H13FO3S. The zero-order valence-corrected chi connectivity index (χ0v) is 11.6. The number of aryl methyl sites for hydroxylation is 1. The summed E-state index contributed by atoms with van der Waals surface area (Å²) in [6.07, 6.45) is 2.60. The third kappa shape index (κ3) is 3.68. The smallest absolute Gasteiger partial charge is 0.328 e. The molecule has 104 valence electrons. The molecule has 0 saturated heterocycles. The maximum Gasteiger partial charge on any atom is 0.328 e. The molecule has 2 rings (SSSR count). The second kappa shape index (κ2) is 6.34. The van der Waals surface area contributed by atoms with Crippen molar-refractivity contribution in [3.05, 3.63) is 57.5 Å². The molecule has 0 fully saturated rings. The van der Waals surface area contributed by atoms with Crippen molar-refractivity contribution >= 4 is 23.4 Å². The first-order valence-corrected chi connectivity index (χ1v) is 6.75. The molecule has 3 nitrogen and oxygen atoms in total. The average Bonchev–Trinajstić information content (AvgIpc) is 2.86. The van der Waals surface area contributed by atoms with Crippen molar-refractivity contribution < 1.29 is 19.0 Å². The molecule has 0 radical (unpaired) electrons. The Balaban J connectivity index is 2.01. The number of rotatable bonds is 5. The SMILES string of the molecule is Cc1cccc(OCc2ccc(/C=C/C(=O)O)s2)c1F. The van der Waals surface area contributed by atoms with E-state index < -0.39 is 5.97 Å². The first-order chi connectivity index (χ1) is 9.56. The fourth-order valence-corrected chi connectivity index (χ4v) is 2.42. The van der Waals surface area contributed by atoms with Gasteiger partial charge in [-0.3, -0.25) is 0 Å². The van der Waals surface area contributed by atoms with Gasteiger partial charge in [-0.05, 0) is 36.8 Å². The van der Waals surface area contributed by atoms with E-state index in [1.807, 2.05) is 6.07 Å². The third-order valence-electron chi connectivity index (χ3n) is 2.60. The summed E-state index contributed by atoms with van der Waals surface area (Å²) in [6, 6.07) is 8.64. The fourth-order valence-electron chi connectivity index (χ4n) is 1.60. The number of carboxylic acids is 1. The highest BCUT2D eigenvalue weighted by Gasteiger charge is 2.06. The van der Waals surface area contributed by atoms with Crippen LogP contribution in [0.15, 0.2) is 36.4 Å². The Labute approximate surface area is 119 Å². The van der Waals surface area contributed by atoms with Crippen LogP contribution in [-0.2, 0) is 11.4 Å². The second-order valence-electron chi connectivity index (χ2n) is 4.15. The minimum absolute atomic E-state index is 0.223. The predicted molar refractivity (Wildman–Crippen MR) is 76.5 cm³/mol. The molecule has 1 aromatic carbocycles. The Morgan fingerprint density at radius 1 is 1.40 bits per heavy atom. The number of ether oxygens (including phenoxy) is 1.